The molecule has 2 N–H and O–H groups in total. The molecule has 1 rings (SSSR count). The van der Waals surface area contributed by atoms with Crippen molar-refractivity contribution in [2.45, 2.75) is 27.7 Å². The average Bonchev–Trinajstić information content (AvgIpc) is 2.14. The van der Waals surface area contributed by atoms with Crippen molar-refractivity contribution in [1.82, 2.24) is 0 Å². The number of nitrogens with zero attached hydrogens (tertiary/aromatic N) is 1. The minimum Gasteiger partial charge on any atom is -0.507 e. The summed E-state index contributed by atoms with van der Waals surface area (Å²) in [4.78, 5) is 11.9. The van der Waals surface area contributed by atoms with E-state index < -0.39 is 5.41 Å². The zero-order valence-corrected chi connectivity index (χ0v) is 9.33. The molecule has 1 aliphatic rings. The number of rotatable bonds is 1. The number of allylic oxidation sites excluding steroid dienone is 3. The van der Waals surface area contributed by atoms with Crippen molar-refractivity contribution < 1.29 is 15.1 Å². The molecule has 0 radical (unpaired) electrons. The van der Waals surface area contributed by atoms with E-state index in [1.807, 2.05) is 0 Å². The Hall–Kier alpha value is -1.58. The van der Waals surface area contributed by atoms with E-state index in [9.17, 15) is 9.90 Å². The standard InChI is InChI=1S/C11H15NO3/c1-6-5-11(3,4)10(14)8(9(6)13)7(2)12-15/h5,13,15H,1-4H3/b12-7-. The van der Waals surface area contributed by atoms with Gasteiger partial charge in [-0.1, -0.05) is 11.2 Å². The summed E-state index contributed by atoms with van der Waals surface area (Å²) in [7, 11) is 0. The van der Waals surface area contributed by atoms with Gasteiger partial charge in [0, 0.05) is 5.41 Å². The van der Waals surface area contributed by atoms with Gasteiger partial charge in [0.15, 0.2) is 5.78 Å². The highest BCUT2D eigenvalue weighted by Gasteiger charge is 2.36. The van der Waals surface area contributed by atoms with Crippen LogP contribution in [-0.2, 0) is 4.79 Å². The van der Waals surface area contributed by atoms with Crippen LogP contribution >= 0.6 is 0 Å². The summed E-state index contributed by atoms with van der Waals surface area (Å²) in [6.45, 7) is 6.72. The largest absolute Gasteiger partial charge is 0.507 e. The van der Waals surface area contributed by atoms with Gasteiger partial charge in [-0.3, -0.25) is 4.79 Å². The van der Waals surface area contributed by atoms with Crippen molar-refractivity contribution in [3.05, 3.63) is 23.0 Å². The predicted molar refractivity (Wildman–Crippen MR) is 57.1 cm³/mol. The molecule has 15 heavy (non-hydrogen) atoms. The first kappa shape index (κ1) is 11.5. The summed E-state index contributed by atoms with van der Waals surface area (Å²) >= 11 is 0. The van der Waals surface area contributed by atoms with Crippen LogP contribution in [0.1, 0.15) is 27.7 Å². The topological polar surface area (TPSA) is 69.9 Å². The Labute approximate surface area is 88.6 Å². The van der Waals surface area contributed by atoms with E-state index in [0.717, 1.165) is 0 Å². The third-order valence-electron chi connectivity index (χ3n) is 2.51. The van der Waals surface area contributed by atoms with Gasteiger partial charge in [-0.25, -0.2) is 0 Å². The van der Waals surface area contributed by atoms with Crippen LogP contribution in [0.3, 0.4) is 0 Å². The molecule has 0 aliphatic heterocycles. The highest BCUT2D eigenvalue weighted by Crippen LogP contribution is 2.33. The van der Waals surface area contributed by atoms with Crippen LogP contribution in [-0.4, -0.2) is 21.8 Å². The fraction of sp³-hybridized carbons (Fsp3) is 0.455. The number of oxime groups is 1. The number of Topliss-reactive ketones (excluding diaryl/α,β-unsaturated/α-hetero) is 1. The van der Waals surface area contributed by atoms with Gasteiger partial charge < -0.3 is 10.3 Å². The van der Waals surface area contributed by atoms with Crippen LogP contribution in [0.2, 0.25) is 0 Å². The molecule has 0 saturated carbocycles. The maximum Gasteiger partial charge on any atom is 0.177 e. The molecule has 0 bridgehead atoms. The first-order valence-corrected chi connectivity index (χ1v) is 4.68. The molecule has 0 fully saturated rings. The molecule has 0 atom stereocenters. The van der Waals surface area contributed by atoms with Crippen LogP contribution in [0.15, 0.2) is 28.1 Å². The molecule has 0 amide bonds. The zero-order valence-electron chi connectivity index (χ0n) is 9.33. The number of ketones is 1. The van der Waals surface area contributed by atoms with E-state index in [-0.39, 0.29) is 22.8 Å². The van der Waals surface area contributed by atoms with Crippen molar-refractivity contribution in [3.8, 4) is 0 Å². The third kappa shape index (κ3) is 1.79. The Morgan fingerprint density at radius 3 is 2.47 bits per heavy atom. The smallest absolute Gasteiger partial charge is 0.177 e. The van der Waals surface area contributed by atoms with Gasteiger partial charge in [0.1, 0.15) is 5.76 Å². The molecule has 0 aromatic rings. The van der Waals surface area contributed by atoms with Crippen molar-refractivity contribution in [2.24, 2.45) is 10.6 Å². The molecule has 0 aromatic carbocycles. The minimum atomic E-state index is -0.669. The van der Waals surface area contributed by atoms with Gasteiger partial charge in [0.2, 0.25) is 0 Å². The SMILES string of the molecule is CC1=CC(C)(C)C(=O)C(/C(C)=N\O)=C1O. The lowest BCUT2D eigenvalue weighted by Gasteiger charge is -2.26. The lowest BCUT2D eigenvalue weighted by molar-refractivity contribution is -0.121. The summed E-state index contributed by atoms with van der Waals surface area (Å²) in [5, 5.41) is 21.4. The quantitative estimate of drug-likeness (QED) is 0.395. The summed E-state index contributed by atoms with van der Waals surface area (Å²) in [6.07, 6.45) is 1.71. The van der Waals surface area contributed by atoms with Crippen molar-refractivity contribution >= 4 is 11.5 Å². The minimum absolute atomic E-state index is 0.0995. The van der Waals surface area contributed by atoms with Gasteiger partial charge in [-0.2, -0.15) is 0 Å². The number of carbonyl (C=O) groups is 1. The Balaban J connectivity index is 3.40. The molecule has 1 aliphatic carbocycles. The molecule has 0 saturated heterocycles. The van der Waals surface area contributed by atoms with Gasteiger partial charge >= 0.3 is 0 Å². The number of carbonyl (C=O) groups excluding carboxylic acids is 1. The lowest BCUT2D eigenvalue weighted by atomic mass is 9.76. The molecule has 4 heteroatoms. The van der Waals surface area contributed by atoms with E-state index in [4.69, 9.17) is 5.21 Å². The zero-order chi connectivity index (χ0) is 11.8. The van der Waals surface area contributed by atoms with Crippen LogP contribution < -0.4 is 0 Å². The Kier molecular flexibility index (Phi) is 2.71. The summed E-state index contributed by atoms with van der Waals surface area (Å²) in [5.74, 6) is -0.337. The van der Waals surface area contributed by atoms with Crippen molar-refractivity contribution in [1.29, 1.82) is 0 Å². The lowest BCUT2D eigenvalue weighted by Crippen LogP contribution is -2.31. The maximum absolute atomic E-state index is 11.9. The van der Waals surface area contributed by atoms with E-state index >= 15 is 0 Å². The van der Waals surface area contributed by atoms with Gasteiger partial charge in [0.05, 0.1) is 11.3 Å². The van der Waals surface area contributed by atoms with E-state index in [1.165, 1.54) is 6.92 Å². The average molecular weight is 209 g/mol. The molecule has 0 unspecified atom stereocenters. The molecule has 82 valence electrons. The predicted octanol–water partition coefficient (Wildman–Crippen LogP) is 2.20. The fourth-order valence-electron chi connectivity index (χ4n) is 1.69. The van der Waals surface area contributed by atoms with Crippen molar-refractivity contribution in [2.75, 3.05) is 0 Å². The van der Waals surface area contributed by atoms with Gasteiger partial charge in [0.25, 0.3) is 0 Å². The fourth-order valence-corrected chi connectivity index (χ4v) is 1.69. The summed E-state index contributed by atoms with van der Waals surface area (Å²) in [5.41, 5.74) is 0.190. The molecule has 0 spiro atoms. The van der Waals surface area contributed by atoms with Crippen molar-refractivity contribution in [3.63, 3.8) is 0 Å². The molecular formula is C11H15NO3. The monoisotopic (exact) mass is 209 g/mol. The molecular weight excluding hydrogens is 194 g/mol. The van der Waals surface area contributed by atoms with Crippen LogP contribution in [0, 0.1) is 5.41 Å². The second kappa shape index (κ2) is 3.53. The second-order valence-electron chi connectivity index (χ2n) is 4.29. The van der Waals surface area contributed by atoms with Gasteiger partial charge in [-0.05, 0) is 33.3 Å². The molecule has 0 heterocycles. The van der Waals surface area contributed by atoms with Gasteiger partial charge in [-0.15, -0.1) is 0 Å². The number of aliphatic hydroxyl groups excluding tert-OH is 1. The first-order valence-electron chi connectivity index (χ1n) is 4.68. The highest BCUT2D eigenvalue weighted by molar-refractivity contribution is 6.24. The summed E-state index contributed by atoms with van der Waals surface area (Å²) < 4.78 is 0. The van der Waals surface area contributed by atoms with E-state index in [2.05, 4.69) is 5.16 Å². The van der Waals surface area contributed by atoms with E-state index in [1.54, 1.807) is 26.8 Å². The second-order valence-corrected chi connectivity index (χ2v) is 4.29. The molecule has 4 nitrogen and oxygen atoms in total. The third-order valence-corrected chi connectivity index (χ3v) is 2.51. The summed E-state index contributed by atoms with van der Waals surface area (Å²) in [6, 6.07) is 0. The highest BCUT2D eigenvalue weighted by atomic mass is 16.4. The number of hydrogen-bond acceptors (Lipinski definition) is 4. The van der Waals surface area contributed by atoms with Crippen LogP contribution in [0.5, 0.6) is 0 Å². The van der Waals surface area contributed by atoms with Crippen LogP contribution in [0.4, 0.5) is 0 Å². The first-order chi connectivity index (χ1) is 6.81. The Morgan fingerprint density at radius 2 is 2.00 bits per heavy atom. The Bertz CT molecular complexity index is 400. The number of aliphatic hydroxyl groups is 1. The number of hydrogen-bond donors (Lipinski definition) is 2. The molecule has 0 aromatic heterocycles. The Morgan fingerprint density at radius 1 is 1.47 bits per heavy atom. The van der Waals surface area contributed by atoms with E-state index in [0.29, 0.717) is 5.57 Å². The normalized spacial score (nSPS) is 21.7. The maximum atomic E-state index is 11.9. The van der Waals surface area contributed by atoms with Crippen LogP contribution in [0.25, 0.3) is 0 Å².